The van der Waals surface area contributed by atoms with Gasteiger partial charge in [-0.25, -0.2) is 4.68 Å². The van der Waals surface area contributed by atoms with Crippen molar-refractivity contribution < 1.29 is 9.53 Å². The Kier molecular flexibility index (Phi) is 8.05. The van der Waals surface area contributed by atoms with Crippen LogP contribution in [0.15, 0.2) is 115 Å². The maximum absolute atomic E-state index is 13.0. The van der Waals surface area contributed by atoms with Crippen molar-refractivity contribution in [3.8, 4) is 28.8 Å². The molecule has 0 aliphatic rings. The minimum atomic E-state index is -0.490. The molecule has 0 bridgehead atoms. The molecule has 1 aromatic heterocycles. The lowest BCUT2D eigenvalue weighted by Gasteiger charge is -2.08. The number of anilines is 1. The predicted molar refractivity (Wildman–Crippen MR) is 158 cm³/mol. The second-order valence-corrected chi connectivity index (χ2v) is 9.58. The van der Waals surface area contributed by atoms with Gasteiger partial charge in [0.05, 0.1) is 11.4 Å². The molecule has 196 valence electrons. The van der Waals surface area contributed by atoms with Gasteiger partial charge < -0.3 is 10.1 Å². The number of carbonyl (C=O) groups excluding carboxylic acids is 1. The summed E-state index contributed by atoms with van der Waals surface area (Å²) in [5, 5.41) is 18.1. The summed E-state index contributed by atoms with van der Waals surface area (Å²) < 4.78 is 7.66. The van der Waals surface area contributed by atoms with Crippen molar-refractivity contribution in [2.75, 3.05) is 5.32 Å². The summed E-state index contributed by atoms with van der Waals surface area (Å²) in [7, 11) is 0. The zero-order valence-corrected chi connectivity index (χ0v) is 22.5. The standard InChI is InChI=1S/C33H25ClN4O2/c1-23-7-15-29(16-8-23)36-33(39)26(20-35)19-27-21-38(30-5-3-2-4-6-30)37-32(27)25-11-17-31(18-12-25)40-22-24-9-13-28(34)14-10-24/h2-19,21H,22H2,1H3,(H,36,39). The van der Waals surface area contributed by atoms with Gasteiger partial charge in [0.1, 0.15) is 24.0 Å². The highest BCUT2D eigenvalue weighted by Gasteiger charge is 2.16. The average molecular weight is 545 g/mol. The first kappa shape index (κ1) is 26.5. The van der Waals surface area contributed by atoms with E-state index in [1.165, 1.54) is 0 Å². The van der Waals surface area contributed by atoms with Crippen molar-refractivity contribution >= 4 is 29.3 Å². The number of para-hydroxylation sites is 1. The van der Waals surface area contributed by atoms with Gasteiger partial charge in [-0.2, -0.15) is 10.4 Å². The van der Waals surface area contributed by atoms with Gasteiger partial charge in [-0.1, -0.05) is 59.6 Å². The largest absolute Gasteiger partial charge is 0.489 e. The normalized spacial score (nSPS) is 11.1. The molecule has 0 saturated carbocycles. The van der Waals surface area contributed by atoms with Crippen LogP contribution < -0.4 is 10.1 Å². The lowest BCUT2D eigenvalue weighted by atomic mass is 10.1. The highest BCUT2D eigenvalue weighted by Crippen LogP contribution is 2.28. The van der Waals surface area contributed by atoms with Crippen LogP contribution in [-0.2, 0) is 11.4 Å². The molecule has 7 heteroatoms. The minimum absolute atomic E-state index is 0.0302. The van der Waals surface area contributed by atoms with E-state index in [-0.39, 0.29) is 5.57 Å². The van der Waals surface area contributed by atoms with Gasteiger partial charge in [-0.3, -0.25) is 4.79 Å². The minimum Gasteiger partial charge on any atom is -0.489 e. The van der Waals surface area contributed by atoms with E-state index in [1.807, 2.05) is 110 Å². The molecule has 5 aromatic rings. The van der Waals surface area contributed by atoms with Gasteiger partial charge in [0.25, 0.3) is 5.91 Å². The Balaban J connectivity index is 1.43. The van der Waals surface area contributed by atoms with E-state index in [1.54, 1.807) is 22.9 Å². The number of ether oxygens (including phenoxy) is 1. The van der Waals surface area contributed by atoms with Crippen LogP contribution in [0.3, 0.4) is 0 Å². The Morgan fingerprint density at radius 2 is 1.68 bits per heavy atom. The van der Waals surface area contributed by atoms with Gasteiger partial charge >= 0.3 is 0 Å². The van der Waals surface area contributed by atoms with Gasteiger partial charge in [0.15, 0.2) is 0 Å². The van der Waals surface area contributed by atoms with E-state index < -0.39 is 5.91 Å². The number of aromatic nitrogens is 2. The Hall–Kier alpha value is -5.12. The predicted octanol–water partition coefficient (Wildman–Crippen LogP) is 7.63. The van der Waals surface area contributed by atoms with Gasteiger partial charge in [0.2, 0.25) is 0 Å². The van der Waals surface area contributed by atoms with Crippen LogP contribution in [0.25, 0.3) is 23.0 Å². The Labute approximate surface area is 237 Å². The molecule has 0 aliphatic heterocycles. The second-order valence-electron chi connectivity index (χ2n) is 9.14. The molecule has 0 spiro atoms. The number of nitrogens with zero attached hydrogens (tertiary/aromatic N) is 3. The first-order valence-electron chi connectivity index (χ1n) is 12.6. The molecule has 0 saturated heterocycles. The molecule has 6 nitrogen and oxygen atoms in total. The van der Waals surface area contributed by atoms with Crippen LogP contribution in [0.4, 0.5) is 5.69 Å². The van der Waals surface area contributed by atoms with Gasteiger partial charge in [-0.15, -0.1) is 0 Å². The van der Waals surface area contributed by atoms with Gasteiger partial charge in [0, 0.05) is 28.0 Å². The summed E-state index contributed by atoms with van der Waals surface area (Å²) in [6, 6.07) is 34.2. The number of nitrogens with one attached hydrogen (secondary N) is 1. The number of hydrogen-bond donors (Lipinski definition) is 1. The third kappa shape index (κ3) is 6.47. The summed E-state index contributed by atoms with van der Waals surface area (Å²) in [4.78, 5) is 13.0. The van der Waals surface area contributed by atoms with Crippen LogP contribution in [0.5, 0.6) is 5.75 Å². The summed E-state index contributed by atoms with van der Waals surface area (Å²) in [6.45, 7) is 2.38. The molecule has 1 heterocycles. The lowest BCUT2D eigenvalue weighted by Crippen LogP contribution is -2.13. The molecule has 40 heavy (non-hydrogen) atoms. The molecule has 0 aliphatic carbocycles. The van der Waals surface area contributed by atoms with E-state index in [4.69, 9.17) is 21.4 Å². The number of nitriles is 1. The number of rotatable bonds is 8. The maximum atomic E-state index is 13.0. The van der Waals surface area contributed by atoms with Crippen molar-refractivity contribution in [2.45, 2.75) is 13.5 Å². The Morgan fingerprint density at radius 3 is 2.35 bits per heavy atom. The molecule has 0 unspecified atom stereocenters. The fraction of sp³-hybridized carbons (Fsp3) is 0.0606. The van der Waals surface area contributed by atoms with Gasteiger partial charge in [-0.05, 0) is 79.2 Å². The second kappa shape index (κ2) is 12.2. The molecule has 0 atom stereocenters. The first-order valence-corrected chi connectivity index (χ1v) is 13.0. The van der Waals surface area contributed by atoms with Crippen LogP contribution >= 0.6 is 11.6 Å². The fourth-order valence-electron chi connectivity index (χ4n) is 4.03. The van der Waals surface area contributed by atoms with E-state index >= 15 is 0 Å². The molecule has 0 fully saturated rings. The third-order valence-corrected chi connectivity index (χ3v) is 6.44. The lowest BCUT2D eigenvalue weighted by molar-refractivity contribution is -0.112. The number of aryl methyl sites for hydroxylation is 1. The van der Waals surface area contributed by atoms with Crippen molar-refractivity contribution in [1.29, 1.82) is 5.26 Å². The summed E-state index contributed by atoms with van der Waals surface area (Å²) in [6.07, 6.45) is 3.38. The molecular weight excluding hydrogens is 520 g/mol. The van der Waals surface area contributed by atoms with Crippen LogP contribution in [0.1, 0.15) is 16.7 Å². The highest BCUT2D eigenvalue weighted by atomic mass is 35.5. The summed E-state index contributed by atoms with van der Waals surface area (Å²) >= 11 is 5.97. The van der Waals surface area contributed by atoms with E-state index in [9.17, 15) is 10.1 Å². The quantitative estimate of drug-likeness (QED) is 0.161. The smallest absolute Gasteiger partial charge is 0.266 e. The highest BCUT2D eigenvalue weighted by molar-refractivity contribution is 6.30. The number of hydrogen-bond acceptors (Lipinski definition) is 4. The molecule has 4 aromatic carbocycles. The molecule has 1 amide bonds. The molecule has 0 radical (unpaired) electrons. The van der Waals surface area contributed by atoms with E-state index in [0.29, 0.717) is 34.3 Å². The number of carbonyl (C=O) groups is 1. The molecule has 5 rings (SSSR count). The van der Waals surface area contributed by atoms with Crippen molar-refractivity contribution in [1.82, 2.24) is 9.78 Å². The topological polar surface area (TPSA) is 79.9 Å². The number of amides is 1. The van der Waals surface area contributed by atoms with Crippen LogP contribution in [0, 0.1) is 18.3 Å². The number of halogens is 1. The average Bonchev–Trinajstić information content (AvgIpc) is 3.41. The fourth-order valence-corrected chi connectivity index (χ4v) is 4.15. The Bertz CT molecular complexity index is 1680. The maximum Gasteiger partial charge on any atom is 0.266 e. The molecule has 1 N–H and O–H groups in total. The Morgan fingerprint density at radius 1 is 0.975 bits per heavy atom. The zero-order valence-electron chi connectivity index (χ0n) is 21.7. The van der Waals surface area contributed by atoms with E-state index in [2.05, 4.69) is 5.32 Å². The number of benzene rings is 4. The van der Waals surface area contributed by atoms with E-state index in [0.717, 1.165) is 22.4 Å². The van der Waals surface area contributed by atoms with Crippen LogP contribution in [0.2, 0.25) is 5.02 Å². The van der Waals surface area contributed by atoms with Crippen molar-refractivity contribution in [2.24, 2.45) is 0 Å². The third-order valence-electron chi connectivity index (χ3n) is 6.18. The zero-order chi connectivity index (χ0) is 27.9. The first-order chi connectivity index (χ1) is 19.5. The van der Waals surface area contributed by atoms with Crippen molar-refractivity contribution in [3.05, 3.63) is 137 Å². The van der Waals surface area contributed by atoms with Crippen LogP contribution in [-0.4, -0.2) is 15.7 Å². The molecular formula is C33H25ClN4O2. The SMILES string of the molecule is Cc1ccc(NC(=O)C(C#N)=Cc2cn(-c3ccccc3)nc2-c2ccc(OCc3ccc(Cl)cc3)cc2)cc1. The monoisotopic (exact) mass is 544 g/mol. The summed E-state index contributed by atoms with van der Waals surface area (Å²) in [5.41, 5.74) is 5.61. The van der Waals surface area contributed by atoms with Crippen molar-refractivity contribution in [3.63, 3.8) is 0 Å². The summed E-state index contributed by atoms with van der Waals surface area (Å²) in [5.74, 6) is 0.212.